The quantitative estimate of drug-likeness (QED) is 0.357. The molecule has 3 heteroatoms. The fourth-order valence-electron chi connectivity index (χ4n) is 1.27. The lowest BCUT2D eigenvalue weighted by Gasteiger charge is -2.08. The van der Waals surface area contributed by atoms with Gasteiger partial charge in [-0.05, 0) is 12.3 Å². The Kier molecular flexibility index (Phi) is 6.72. The van der Waals surface area contributed by atoms with Crippen LogP contribution in [-0.2, 0) is 14.3 Å². The Morgan fingerprint density at radius 2 is 2.14 bits per heavy atom. The molecule has 0 aliphatic rings. The van der Waals surface area contributed by atoms with E-state index in [1.807, 2.05) is 0 Å². The summed E-state index contributed by atoms with van der Waals surface area (Å²) in [5.41, 5.74) is 0. The van der Waals surface area contributed by atoms with Gasteiger partial charge in [-0.15, -0.1) is 6.58 Å². The minimum Gasteiger partial charge on any atom is -0.469 e. The molecule has 80 valence electrons. The standard InChI is InChI=1S/C11H18O3/c1-4-6-9(5-2)7-10(12)8-11(13)14-3/h5,9H,2,4,6-8H2,1,3H3. The largest absolute Gasteiger partial charge is 0.469 e. The van der Waals surface area contributed by atoms with Crippen molar-refractivity contribution in [2.75, 3.05) is 7.11 Å². The average molecular weight is 198 g/mol. The Balaban J connectivity index is 3.90. The number of hydrogen-bond donors (Lipinski definition) is 0. The van der Waals surface area contributed by atoms with Gasteiger partial charge < -0.3 is 4.74 Å². The third kappa shape index (κ3) is 5.51. The molecule has 1 atom stereocenters. The summed E-state index contributed by atoms with van der Waals surface area (Å²) in [6.45, 7) is 5.72. The fraction of sp³-hybridized carbons (Fsp3) is 0.636. The molecule has 14 heavy (non-hydrogen) atoms. The van der Waals surface area contributed by atoms with Crippen LogP contribution >= 0.6 is 0 Å². The van der Waals surface area contributed by atoms with E-state index in [1.54, 1.807) is 6.08 Å². The number of ketones is 1. The average Bonchev–Trinajstić information content (AvgIpc) is 2.16. The van der Waals surface area contributed by atoms with Crippen LogP contribution in [0.15, 0.2) is 12.7 Å². The van der Waals surface area contributed by atoms with Crippen LogP contribution in [0.2, 0.25) is 0 Å². The molecule has 0 aromatic heterocycles. The highest BCUT2D eigenvalue weighted by molar-refractivity contribution is 5.95. The second-order valence-electron chi connectivity index (χ2n) is 3.28. The zero-order chi connectivity index (χ0) is 11.0. The number of carbonyl (C=O) groups excluding carboxylic acids is 2. The van der Waals surface area contributed by atoms with Gasteiger partial charge in [-0.3, -0.25) is 9.59 Å². The first-order chi connectivity index (χ1) is 6.63. The maximum atomic E-state index is 11.3. The van der Waals surface area contributed by atoms with Crippen LogP contribution in [0.25, 0.3) is 0 Å². The third-order valence-corrected chi connectivity index (χ3v) is 2.05. The molecule has 0 aliphatic heterocycles. The number of methoxy groups -OCH3 is 1. The van der Waals surface area contributed by atoms with Crippen LogP contribution in [0.1, 0.15) is 32.6 Å². The topological polar surface area (TPSA) is 43.4 Å². The first kappa shape index (κ1) is 12.9. The molecular weight excluding hydrogens is 180 g/mol. The Hall–Kier alpha value is -1.12. The van der Waals surface area contributed by atoms with Crippen molar-refractivity contribution in [1.29, 1.82) is 0 Å². The monoisotopic (exact) mass is 198 g/mol. The van der Waals surface area contributed by atoms with Crippen LogP contribution in [-0.4, -0.2) is 18.9 Å². The molecule has 0 rings (SSSR count). The minimum atomic E-state index is -0.464. The first-order valence-corrected chi connectivity index (χ1v) is 4.85. The van der Waals surface area contributed by atoms with Crippen molar-refractivity contribution in [2.45, 2.75) is 32.6 Å². The number of ether oxygens (including phenoxy) is 1. The molecule has 0 aromatic rings. The molecule has 0 amide bonds. The second-order valence-corrected chi connectivity index (χ2v) is 3.28. The number of allylic oxidation sites excluding steroid dienone is 1. The zero-order valence-electron chi connectivity index (χ0n) is 8.91. The van der Waals surface area contributed by atoms with Gasteiger partial charge in [0.2, 0.25) is 0 Å². The predicted octanol–water partition coefficient (Wildman–Crippen LogP) is 2.11. The minimum absolute atomic E-state index is 0.0739. The number of hydrogen-bond acceptors (Lipinski definition) is 3. The Bertz CT molecular complexity index is 209. The number of carbonyl (C=O) groups is 2. The summed E-state index contributed by atoms with van der Waals surface area (Å²) in [4.78, 5) is 22.1. The van der Waals surface area contributed by atoms with Gasteiger partial charge in [-0.1, -0.05) is 19.4 Å². The van der Waals surface area contributed by atoms with Gasteiger partial charge in [0.05, 0.1) is 7.11 Å². The highest BCUT2D eigenvalue weighted by Crippen LogP contribution is 2.13. The van der Waals surface area contributed by atoms with Crippen molar-refractivity contribution < 1.29 is 14.3 Å². The summed E-state index contributed by atoms with van der Waals surface area (Å²) < 4.78 is 4.41. The smallest absolute Gasteiger partial charge is 0.313 e. The van der Waals surface area contributed by atoms with Gasteiger partial charge in [0.25, 0.3) is 0 Å². The summed E-state index contributed by atoms with van der Waals surface area (Å²) in [7, 11) is 1.28. The molecule has 0 spiro atoms. The van der Waals surface area contributed by atoms with Crippen LogP contribution in [0, 0.1) is 5.92 Å². The summed E-state index contributed by atoms with van der Waals surface area (Å²) in [6, 6.07) is 0. The number of esters is 1. The molecule has 0 saturated heterocycles. The molecule has 3 nitrogen and oxygen atoms in total. The van der Waals surface area contributed by atoms with E-state index in [4.69, 9.17) is 0 Å². The van der Waals surface area contributed by atoms with Crippen LogP contribution in [0.3, 0.4) is 0 Å². The molecule has 0 saturated carbocycles. The highest BCUT2D eigenvalue weighted by Gasteiger charge is 2.13. The second kappa shape index (κ2) is 7.30. The fourth-order valence-corrected chi connectivity index (χ4v) is 1.27. The van der Waals surface area contributed by atoms with Gasteiger partial charge in [-0.2, -0.15) is 0 Å². The Morgan fingerprint density at radius 3 is 2.57 bits per heavy atom. The lowest BCUT2D eigenvalue weighted by atomic mass is 9.96. The zero-order valence-corrected chi connectivity index (χ0v) is 8.91. The SMILES string of the molecule is C=CC(CCC)CC(=O)CC(=O)OC. The van der Waals surface area contributed by atoms with Crippen LogP contribution in [0.4, 0.5) is 0 Å². The predicted molar refractivity (Wildman–Crippen MR) is 54.9 cm³/mol. The Morgan fingerprint density at radius 1 is 1.50 bits per heavy atom. The van der Waals surface area contributed by atoms with Gasteiger partial charge in [0.1, 0.15) is 12.2 Å². The van der Waals surface area contributed by atoms with Crippen LogP contribution < -0.4 is 0 Å². The first-order valence-electron chi connectivity index (χ1n) is 4.85. The molecule has 0 aromatic carbocycles. The Labute approximate surface area is 85.1 Å². The molecule has 0 N–H and O–H groups in total. The molecule has 0 fully saturated rings. The summed E-state index contributed by atoms with van der Waals surface area (Å²) in [5, 5.41) is 0. The van der Waals surface area contributed by atoms with Crippen LogP contribution in [0.5, 0.6) is 0 Å². The lowest BCUT2D eigenvalue weighted by molar-refractivity contribution is -0.143. The van der Waals surface area contributed by atoms with Crippen molar-refractivity contribution in [1.82, 2.24) is 0 Å². The summed E-state index contributed by atoms with van der Waals surface area (Å²) >= 11 is 0. The van der Waals surface area contributed by atoms with E-state index in [2.05, 4.69) is 18.2 Å². The van der Waals surface area contributed by atoms with Gasteiger partial charge >= 0.3 is 5.97 Å². The maximum Gasteiger partial charge on any atom is 0.313 e. The normalized spacial score (nSPS) is 11.9. The summed E-state index contributed by atoms with van der Waals surface area (Å²) in [6.07, 6.45) is 4.01. The van der Waals surface area contributed by atoms with Crippen molar-refractivity contribution in [2.24, 2.45) is 5.92 Å². The van der Waals surface area contributed by atoms with E-state index in [-0.39, 0.29) is 18.1 Å². The van der Waals surface area contributed by atoms with Crippen molar-refractivity contribution in [3.05, 3.63) is 12.7 Å². The van der Waals surface area contributed by atoms with Crippen molar-refractivity contribution in [3.63, 3.8) is 0 Å². The molecule has 0 heterocycles. The number of Topliss-reactive ketones (excluding diaryl/α,β-unsaturated/α-hetero) is 1. The molecule has 0 bridgehead atoms. The van der Waals surface area contributed by atoms with Gasteiger partial charge in [0.15, 0.2) is 0 Å². The van der Waals surface area contributed by atoms with E-state index in [0.717, 1.165) is 12.8 Å². The van der Waals surface area contributed by atoms with Crippen molar-refractivity contribution >= 4 is 11.8 Å². The third-order valence-electron chi connectivity index (χ3n) is 2.05. The lowest BCUT2D eigenvalue weighted by Crippen LogP contribution is -2.12. The molecule has 0 aliphatic carbocycles. The van der Waals surface area contributed by atoms with Crippen molar-refractivity contribution in [3.8, 4) is 0 Å². The van der Waals surface area contributed by atoms with Gasteiger partial charge in [-0.25, -0.2) is 0 Å². The van der Waals surface area contributed by atoms with E-state index >= 15 is 0 Å². The van der Waals surface area contributed by atoms with E-state index in [0.29, 0.717) is 6.42 Å². The molecule has 1 unspecified atom stereocenters. The highest BCUT2D eigenvalue weighted by atomic mass is 16.5. The molecule has 0 radical (unpaired) electrons. The van der Waals surface area contributed by atoms with E-state index in [9.17, 15) is 9.59 Å². The summed E-state index contributed by atoms with van der Waals surface area (Å²) in [5.74, 6) is -0.346. The van der Waals surface area contributed by atoms with Gasteiger partial charge in [0, 0.05) is 6.42 Å². The maximum absolute atomic E-state index is 11.3. The number of rotatable bonds is 7. The van der Waals surface area contributed by atoms with E-state index in [1.165, 1.54) is 7.11 Å². The van der Waals surface area contributed by atoms with E-state index < -0.39 is 5.97 Å². The molecular formula is C11H18O3.